The number of anilines is 1. The van der Waals surface area contributed by atoms with Gasteiger partial charge >= 0.3 is 0 Å². The summed E-state index contributed by atoms with van der Waals surface area (Å²) in [6.07, 6.45) is 0. The van der Waals surface area contributed by atoms with Gasteiger partial charge in [0.1, 0.15) is 0 Å². The molecule has 0 heterocycles. The molecule has 25 heavy (non-hydrogen) atoms. The van der Waals surface area contributed by atoms with Crippen LogP contribution in [0.5, 0.6) is 0 Å². The maximum Gasteiger partial charge on any atom is 0.257 e. The number of benzene rings is 3. The normalized spacial score (nSPS) is 11.3. The fraction of sp³-hybridized carbons (Fsp3) is 0. The van der Waals surface area contributed by atoms with Crippen molar-refractivity contribution in [3.63, 3.8) is 0 Å². The van der Waals surface area contributed by atoms with Crippen molar-refractivity contribution in [2.45, 2.75) is 4.90 Å². The largest absolute Gasteiger partial charge is 0.308 e. The van der Waals surface area contributed by atoms with Gasteiger partial charge in [0.2, 0.25) is 0 Å². The van der Waals surface area contributed by atoms with Crippen LogP contribution >= 0.6 is 23.2 Å². The van der Waals surface area contributed by atoms with Crippen molar-refractivity contribution in [1.82, 2.24) is 4.83 Å². The van der Waals surface area contributed by atoms with Crippen LogP contribution in [0.4, 0.5) is 5.69 Å². The molecule has 0 aliphatic carbocycles. The number of rotatable bonds is 5. The molecule has 0 radical (unpaired) electrons. The van der Waals surface area contributed by atoms with Crippen LogP contribution in [0.2, 0.25) is 10.0 Å². The van der Waals surface area contributed by atoms with Gasteiger partial charge in [0, 0.05) is 21.3 Å². The zero-order valence-electron chi connectivity index (χ0n) is 12.9. The average Bonchev–Trinajstić information content (AvgIpc) is 2.62. The number of halogens is 2. The Morgan fingerprint density at radius 1 is 0.720 bits per heavy atom. The molecule has 2 N–H and O–H groups in total. The van der Waals surface area contributed by atoms with Crippen molar-refractivity contribution < 1.29 is 8.42 Å². The van der Waals surface area contributed by atoms with E-state index in [0.717, 1.165) is 5.56 Å². The van der Waals surface area contributed by atoms with Gasteiger partial charge < -0.3 is 5.43 Å². The molecule has 0 amide bonds. The average molecular weight is 393 g/mol. The van der Waals surface area contributed by atoms with Crippen LogP contribution in [0.25, 0.3) is 11.1 Å². The summed E-state index contributed by atoms with van der Waals surface area (Å²) in [7, 11) is -3.78. The second-order valence-electron chi connectivity index (χ2n) is 5.24. The van der Waals surface area contributed by atoms with Crippen LogP contribution in [-0.2, 0) is 10.0 Å². The molecule has 0 aliphatic rings. The van der Waals surface area contributed by atoms with Gasteiger partial charge in [-0.2, -0.15) is 0 Å². The van der Waals surface area contributed by atoms with Crippen molar-refractivity contribution in [1.29, 1.82) is 0 Å². The van der Waals surface area contributed by atoms with Gasteiger partial charge in [0.25, 0.3) is 10.0 Å². The number of sulfonamides is 1. The second-order valence-corrected chi connectivity index (χ2v) is 7.76. The van der Waals surface area contributed by atoms with E-state index < -0.39 is 10.0 Å². The Hall–Kier alpha value is -2.05. The minimum atomic E-state index is -3.78. The van der Waals surface area contributed by atoms with E-state index in [1.54, 1.807) is 72.8 Å². The fourth-order valence-electron chi connectivity index (χ4n) is 2.28. The van der Waals surface area contributed by atoms with E-state index in [2.05, 4.69) is 10.3 Å². The van der Waals surface area contributed by atoms with Gasteiger partial charge in [0.15, 0.2) is 0 Å². The van der Waals surface area contributed by atoms with Gasteiger partial charge in [-0.15, -0.1) is 4.83 Å². The lowest BCUT2D eigenvalue weighted by molar-refractivity contribution is 0.588. The monoisotopic (exact) mass is 392 g/mol. The summed E-state index contributed by atoms with van der Waals surface area (Å²) < 4.78 is 25.4. The zero-order chi connectivity index (χ0) is 17.9. The first kappa shape index (κ1) is 17.8. The van der Waals surface area contributed by atoms with Crippen LogP contribution in [0, 0.1) is 0 Å². The molecule has 0 spiro atoms. The lowest BCUT2D eigenvalue weighted by atomic mass is 10.1. The lowest BCUT2D eigenvalue weighted by Gasteiger charge is -2.13. The summed E-state index contributed by atoms with van der Waals surface area (Å²) in [6.45, 7) is 0. The molecule has 0 saturated carbocycles. The van der Waals surface area contributed by atoms with Gasteiger partial charge in [-0.1, -0.05) is 53.5 Å². The Morgan fingerprint density at radius 3 is 1.92 bits per heavy atom. The van der Waals surface area contributed by atoms with E-state index in [0.29, 0.717) is 21.3 Å². The maximum absolute atomic E-state index is 12.7. The molecular formula is C18H14Cl2N2O2S. The summed E-state index contributed by atoms with van der Waals surface area (Å²) in [6, 6.07) is 20.5. The Bertz CT molecular complexity index is 973. The third kappa shape index (κ3) is 4.32. The lowest BCUT2D eigenvalue weighted by Crippen LogP contribution is -2.29. The van der Waals surface area contributed by atoms with Gasteiger partial charge in [-0.3, -0.25) is 0 Å². The predicted octanol–water partition coefficient (Wildman–Crippen LogP) is 4.97. The Kier molecular flexibility index (Phi) is 5.30. The quantitative estimate of drug-likeness (QED) is 0.602. The third-order valence-electron chi connectivity index (χ3n) is 3.51. The molecule has 0 aliphatic heterocycles. The van der Waals surface area contributed by atoms with Crippen LogP contribution in [0.3, 0.4) is 0 Å². The molecule has 0 unspecified atom stereocenters. The highest BCUT2D eigenvalue weighted by atomic mass is 35.5. The smallest absolute Gasteiger partial charge is 0.257 e. The molecule has 0 bridgehead atoms. The summed E-state index contributed by atoms with van der Waals surface area (Å²) in [4.78, 5) is 2.55. The molecule has 0 saturated heterocycles. The van der Waals surface area contributed by atoms with E-state index in [4.69, 9.17) is 23.2 Å². The summed E-state index contributed by atoms with van der Waals surface area (Å²) in [5, 5.41) is 1.16. The highest BCUT2D eigenvalue weighted by molar-refractivity contribution is 7.89. The van der Waals surface area contributed by atoms with Gasteiger partial charge in [0.05, 0.1) is 4.90 Å². The van der Waals surface area contributed by atoms with E-state index in [-0.39, 0.29) is 4.90 Å². The first-order valence-electron chi connectivity index (χ1n) is 7.34. The molecule has 0 atom stereocenters. The summed E-state index contributed by atoms with van der Waals surface area (Å²) in [5.41, 5.74) is 4.61. The number of hydrogen-bond acceptors (Lipinski definition) is 3. The topological polar surface area (TPSA) is 58.2 Å². The zero-order valence-corrected chi connectivity index (χ0v) is 15.2. The third-order valence-corrected chi connectivity index (χ3v) is 5.32. The molecule has 3 rings (SSSR count). The summed E-state index contributed by atoms with van der Waals surface area (Å²) >= 11 is 11.7. The minimum Gasteiger partial charge on any atom is -0.308 e. The highest BCUT2D eigenvalue weighted by Gasteiger charge is 2.18. The number of nitrogens with one attached hydrogen (secondary N) is 2. The molecule has 7 heteroatoms. The molecular weight excluding hydrogens is 379 g/mol. The molecule has 0 fully saturated rings. The molecule has 0 aromatic heterocycles. The maximum atomic E-state index is 12.7. The van der Waals surface area contributed by atoms with Crippen LogP contribution in [-0.4, -0.2) is 8.42 Å². The van der Waals surface area contributed by atoms with Crippen molar-refractivity contribution in [2.75, 3.05) is 5.43 Å². The van der Waals surface area contributed by atoms with Crippen LogP contribution in [0.15, 0.2) is 77.7 Å². The molecule has 4 nitrogen and oxygen atoms in total. The van der Waals surface area contributed by atoms with E-state index >= 15 is 0 Å². The molecule has 3 aromatic carbocycles. The number of hydrazine groups is 1. The Balaban J connectivity index is 1.89. The van der Waals surface area contributed by atoms with Gasteiger partial charge in [-0.25, -0.2) is 8.42 Å². The van der Waals surface area contributed by atoms with Crippen molar-refractivity contribution in [3.8, 4) is 11.1 Å². The van der Waals surface area contributed by atoms with Crippen molar-refractivity contribution in [3.05, 3.63) is 82.8 Å². The van der Waals surface area contributed by atoms with Crippen LogP contribution in [0.1, 0.15) is 0 Å². The van der Waals surface area contributed by atoms with Gasteiger partial charge in [-0.05, 0) is 48.0 Å². The number of hydrogen-bond donors (Lipinski definition) is 2. The van der Waals surface area contributed by atoms with E-state index in [1.807, 2.05) is 0 Å². The Labute approximate surface area is 156 Å². The second kappa shape index (κ2) is 7.45. The highest BCUT2D eigenvalue weighted by Crippen LogP contribution is 2.28. The summed E-state index contributed by atoms with van der Waals surface area (Å²) in [5.74, 6) is 0. The first-order chi connectivity index (χ1) is 12.0. The van der Waals surface area contributed by atoms with Crippen molar-refractivity contribution in [2.24, 2.45) is 0 Å². The standard InChI is InChI=1S/C18H14Cl2N2O2S/c19-14-7-5-13(6-8-14)17-3-1-2-4-18(17)25(23,24)22-21-16-11-9-15(20)10-12-16/h1-12,21-22H. The molecule has 3 aromatic rings. The van der Waals surface area contributed by atoms with E-state index in [9.17, 15) is 8.42 Å². The minimum absolute atomic E-state index is 0.166. The fourth-order valence-corrected chi connectivity index (χ4v) is 3.63. The van der Waals surface area contributed by atoms with E-state index in [1.165, 1.54) is 0 Å². The SMILES string of the molecule is O=S(=O)(NNc1ccc(Cl)cc1)c1ccccc1-c1ccc(Cl)cc1. The first-order valence-corrected chi connectivity index (χ1v) is 9.58. The molecule has 128 valence electrons. The predicted molar refractivity (Wildman–Crippen MR) is 102 cm³/mol. The Morgan fingerprint density at radius 2 is 1.28 bits per heavy atom. The van der Waals surface area contributed by atoms with Crippen LogP contribution < -0.4 is 10.3 Å². The van der Waals surface area contributed by atoms with Crippen molar-refractivity contribution >= 4 is 38.9 Å².